The molecule has 1 atom stereocenters. The van der Waals surface area contributed by atoms with Crippen LogP contribution in [0.25, 0.3) is 11.1 Å². The number of benzene rings is 2. The minimum atomic E-state index is -1.49. The van der Waals surface area contributed by atoms with Crippen molar-refractivity contribution < 1.29 is 28.3 Å². The number of aromatic hydroxyl groups is 1. The van der Waals surface area contributed by atoms with E-state index < -0.39 is 17.1 Å². The van der Waals surface area contributed by atoms with Gasteiger partial charge in [-0.15, -0.1) is 0 Å². The molecule has 7 heteroatoms. The zero-order valence-electron chi connectivity index (χ0n) is 14.8. The molecular weight excluding hydrogens is 368 g/mol. The van der Waals surface area contributed by atoms with E-state index in [1.165, 1.54) is 26.7 Å². The molecule has 3 aromatic rings. The molecule has 140 valence electrons. The van der Waals surface area contributed by atoms with Crippen LogP contribution in [0, 0.1) is 0 Å². The van der Waals surface area contributed by atoms with Gasteiger partial charge in [0.05, 0.1) is 26.7 Å². The molecule has 0 fully saturated rings. The van der Waals surface area contributed by atoms with Gasteiger partial charge in [-0.05, 0) is 29.4 Å². The van der Waals surface area contributed by atoms with Crippen LogP contribution < -0.4 is 4.74 Å². The lowest BCUT2D eigenvalue weighted by atomic mass is 9.99. The maximum absolute atomic E-state index is 12.9. The maximum atomic E-state index is 12.9. The number of hydrogen-bond donors (Lipinski definition) is 1. The molecule has 0 aliphatic rings. The van der Waals surface area contributed by atoms with Crippen molar-refractivity contribution in [3.63, 3.8) is 0 Å². The molecule has 1 N–H and O–H groups in total. The number of phenolic OH excluding ortho intramolecular Hbond substituents is 1. The molecule has 0 aliphatic heterocycles. The number of phenols is 1. The third kappa shape index (κ3) is 3.79. The normalized spacial score (nSPS) is 11.8. The first-order valence-corrected chi connectivity index (χ1v) is 9.35. The predicted molar refractivity (Wildman–Crippen MR) is 100 cm³/mol. The van der Waals surface area contributed by atoms with Gasteiger partial charge in [0.25, 0.3) is 0 Å². The highest BCUT2D eigenvalue weighted by atomic mass is 32.2. The summed E-state index contributed by atoms with van der Waals surface area (Å²) >= 11 is -1.49. The number of carbonyl (C=O) groups excluding carboxylic acids is 1. The number of rotatable bonds is 6. The quantitative estimate of drug-likeness (QED) is 0.512. The second-order valence-corrected chi connectivity index (χ2v) is 7.06. The summed E-state index contributed by atoms with van der Waals surface area (Å²) in [6.45, 7) is 0. The lowest BCUT2D eigenvalue weighted by Gasteiger charge is -2.16. The summed E-state index contributed by atoms with van der Waals surface area (Å²) in [5, 5.41) is 10.7. The van der Waals surface area contributed by atoms with Gasteiger partial charge in [0.1, 0.15) is 17.1 Å². The Bertz CT molecular complexity index is 936. The topological polar surface area (TPSA) is 92.0 Å². The Labute approximate surface area is 159 Å². The number of esters is 1. The molecule has 27 heavy (non-hydrogen) atoms. The molecule has 0 amide bonds. The largest absolute Gasteiger partial charge is 0.611 e. The zero-order valence-corrected chi connectivity index (χ0v) is 15.6. The van der Waals surface area contributed by atoms with E-state index in [0.29, 0.717) is 27.3 Å². The van der Waals surface area contributed by atoms with Gasteiger partial charge in [0.15, 0.2) is 10.6 Å². The molecule has 1 heterocycles. The summed E-state index contributed by atoms with van der Waals surface area (Å²) in [7, 11) is 2.73. The van der Waals surface area contributed by atoms with Crippen LogP contribution in [0.3, 0.4) is 0 Å². The van der Waals surface area contributed by atoms with Crippen LogP contribution in [-0.4, -0.2) is 29.8 Å². The van der Waals surface area contributed by atoms with Crippen molar-refractivity contribution in [2.75, 3.05) is 14.2 Å². The Kier molecular flexibility index (Phi) is 5.73. The van der Waals surface area contributed by atoms with Crippen LogP contribution in [0.15, 0.2) is 64.3 Å². The van der Waals surface area contributed by atoms with Crippen molar-refractivity contribution in [2.24, 2.45) is 0 Å². The average molecular weight is 386 g/mol. The van der Waals surface area contributed by atoms with E-state index in [0.717, 1.165) is 0 Å². The summed E-state index contributed by atoms with van der Waals surface area (Å²) in [5.41, 5.74) is 1.45. The highest BCUT2D eigenvalue weighted by Crippen LogP contribution is 2.36. The van der Waals surface area contributed by atoms with E-state index in [9.17, 15) is 14.5 Å². The SMILES string of the molecule is COC(=O)c1c(C[S+]([O-])c2ccccc2OC)ccc(-c2ccoc2)c1O. The number of methoxy groups -OCH3 is 2. The highest BCUT2D eigenvalue weighted by Gasteiger charge is 2.26. The van der Waals surface area contributed by atoms with Gasteiger partial charge < -0.3 is 23.6 Å². The van der Waals surface area contributed by atoms with Gasteiger partial charge in [-0.25, -0.2) is 4.79 Å². The second-order valence-electron chi connectivity index (χ2n) is 5.64. The molecule has 2 aromatic carbocycles. The van der Waals surface area contributed by atoms with E-state index in [1.54, 1.807) is 42.5 Å². The number of furan rings is 1. The molecule has 1 aromatic heterocycles. The van der Waals surface area contributed by atoms with Crippen molar-refractivity contribution in [2.45, 2.75) is 10.6 Å². The molecule has 0 bridgehead atoms. The van der Waals surface area contributed by atoms with Gasteiger partial charge in [-0.2, -0.15) is 0 Å². The summed E-state index contributed by atoms with van der Waals surface area (Å²) in [6.07, 6.45) is 2.93. The van der Waals surface area contributed by atoms with Crippen LogP contribution in [0.4, 0.5) is 0 Å². The molecule has 3 rings (SSSR count). The van der Waals surface area contributed by atoms with Crippen LogP contribution in [0.5, 0.6) is 11.5 Å². The standard InChI is InChI=1S/C20H18O6S/c1-24-16-5-3-4-6-17(16)27(23)12-14-7-8-15(13-9-10-26-11-13)19(21)18(14)20(22)25-2/h3-11,21H,12H2,1-2H3. The third-order valence-electron chi connectivity index (χ3n) is 4.09. The van der Waals surface area contributed by atoms with Gasteiger partial charge in [-0.3, -0.25) is 0 Å². The number of ether oxygens (including phenoxy) is 2. The van der Waals surface area contributed by atoms with E-state index in [4.69, 9.17) is 13.9 Å². The molecule has 0 radical (unpaired) electrons. The summed E-state index contributed by atoms with van der Waals surface area (Å²) < 4.78 is 28.0. The minimum absolute atomic E-state index is 0.0144. The smallest absolute Gasteiger partial charge is 0.342 e. The Morgan fingerprint density at radius 1 is 1.19 bits per heavy atom. The van der Waals surface area contributed by atoms with Crippen molar-refractivity contribution in [3.8, 4) is 22.6 Å². The molecule has 0 saturated heterocycles. The maximum Gasteiger partial charge on any atom is 0.342 e. The van der Waals surface area contributed by atoms with Crippen LogP contribution in [-0.2, 0) is 21.7 Å². The Morgan fingerprint density at radius 2 is 1.96 bits per heavy atom. The molecular formula is C20H18O6S. The third-order valence-corrected chi connectivity index (χ3v) is 5.49. The number of para-hydroxylation sites is 1. The Hall–Kier alpha value is -2.90. The second kappa shape index (κ2) is 8.20. The Balaban J connectivity index is 2.02. The monoisotopic (exact) mass is 386 g/mol. The van der Waals surface area contributed by atoms with Crippen LogP contribution >= 0.6 is 0 Å². The van der Waals surface area contributed by atoms with E-state index in [2.05, 4.69) is 0 Å². The molecule has 0 spiro atoms. The zero-order chi connectivity index (χ0) is 19.4. The average Bonchev–Trinajstić information content (AvgIpc) is 3.22. The molecule has 0 aliphatic carbocycles. The van der Waals surface area contributed by atoms with E-state index in [1.807, 2.05) is 0 Å². The summed E-state index contributed by atoms with van der Waals surface area (Å²) in [5.74, 6) is -0.429. The molecule has 1 unspecified atom stereocenters. The summed E-state index contributed by atoms with van der Waals surface area (Å²) in [4.78, 5) is 12.8. The lowest BCUT2D eigenvalue weighted by molar-refractivity contribution is 0.0596. The minimum Gasteiger partial charge on any atom is -0.611 e. The fourth-order valence-electron chi connectivity index (χ4n) is 2.76. The van der Waals surface area contributed by atoms with Crippen molar-refractivity contribution >= 4 is 17.1 Å². The summed E-state index contributed by atoms with van der Waals surface area (Å²) in [6, 6.07) is 11.9. The molecule has 6 nitrogen and oxygen atoms in total. The van der Waals surface area contributed by atoms with Gasteiger partial charge in [0.2, 0.25) is 0 Å². The van der Waals surface area contributed by atoms with Crippen molar-refractivity contribution in [1.82, 2.24) is 0 Å². The van der Waals surface area contributed by atoms with Crippen molar-refractivity contribution in [3.05, 3.63) is 66.1 Å². The van der Waals surface area contributed by atoms with E-state index in [-0.39, 0.29) is 17.1 Å². The van der Waals surface area contributed by atoms with Gasteiger partial charge in [-0.1, -0.05) is 24.3 Å². The van der Waals surface area contributed by atoms with Crippen LogP contribution in [0.2, 0.25) is 0 Å². The first-order chi connectivity index (χ1) is 13.1. The predicted octanol–water partition coefficient (Wildman–Crippen LogP) is 3.76. The Morgan fingerprint density at radius 3 is 2.63 bits per heavy atom. The van der Waals surface area contributed by atoms with E-state index >= 15 is 0 Å². The lowest BCUT2D eigenvalue weighted by Crippen LogP contribution is -2.12. The van der Waals surface area contributed by atoms with Crippen LogP contribution in [0.1, 0.15) is 15.9 Å². The highest BCUT2D eigenvalue weighted by molar-refractivity contribution is 7.90. The number of hydrogen-bond acceptors (Lipinski definition) is 6. The molecule has 0 saturated carbocycles. The van der Waals surface area contributed by atoms with Crippen molar-refractivity contribution in [1.29, 1.82) is 0 Å². The van der Waals surface area contributed by atoms with Gasteiger partial charge in [0, 0.05) is 16.7 Å². The fourth-order valence-corrected chi connectivity index (χ4v) is 4.04. The fraction of sp³-hybridized carbons (Fsp3) is 0.150. The van der Waals surface area contributed by atoms with Gasteiger partial charge >= 0.3 is 5.97 Å². The first kappa shape index (κ1) is 18.9. The number of carbonyl (C=O) groups is 1. The first-order valence-electron chi connectivity index (χ1n) is 8.04.